The molecule has 0 unspecified atom stereocenters. The fraction of sp³-hybridized carbons (Fsp3) is 0.611. The average molecular weight is 390 g/mol. The molecule has 0 spiro atoms. The molecule has 0 heterocycles. The molecule has 0 aliphatic rings. The smallest absolute Gasteiger partial charge is 0.311 e. The number of hydrogen-bond acceptors (Lipinski definition) is 4. The summed E-state index contributed by atoms with van der Waals surface area (Å²) in [7, 11) is -3.48. The predicted octanol–water partition coefficient (Wildman–Crippen LogP) is 4.16. The summed E-state index contributed by atoms with van der Waals surface area (Å²) in [5.74, 6) is -0.161. The van der Waals surface area contributed by atoms with Gasteiger partial charge in [-0.15, -0.1) is 0 Å². The van der Waals surface area contributed by atoms with Crippen molar-refractivity contribution in [1.29, 1.82) is 0 Å². The Hall–Kier alpha value is -1.11. The van der Waals surface area contributed by atoms with Crippen LogP contribution in [0.4, 0.5) is 0 Å². The highest BCUT2D eigenvalue weighted by Gasteiger charge is 2.28. The molecule has 1 aromatic rings. The van der Waals surface area contributed by atoms with Gasteiger partial charge in [-0.3, -0.25) is 4.79 Å². The molecule has 1 N–H and O–H groups in total. The van der Waals surface area contributed by atoms with Crippen molar-refractivity contribution in [1.82, 2.24) is 4.72 Å². The maximum Gasteiger partial charge on any atom is 0.311 e. The number of unbranched alkanes of at least 4 members (excludes halogenated alkanes) is 3. The fourth-order valence-electron chi connectivity index (χ4n) is 2.38. The molecule has 0 fully saturated rings. The van der Waals surface area contributed by atoms with Crippen LogP contribution in [0, 0.1) is 5.41 Å². The zero-order valence-electron chi connectivity index (χ0n) is 15.2. The van der Waals surface area contributed by atoms with E-state index in [9.17, 15) is 13.2 Å². The summed E-state index contributed by atoms with van der Waals surface area (Å²) in [6.07, 6.45) is 4.29. The van der Waals surface area contributed by atoms with Crippen molar-refractivity contribution in [2.75, 3.05) is 13.2 Å². The minimum atomic E-state index is -3.48. The van der Waals surface area contributed by atoms with Crippen LogP contribution >= 0.6 is 11.6 Å². The summed E-state index contributed by atoms with van der Waals surface area (Å²) in [4.78, 5) is 12.0. The number of esters is 1. The second-order valence-electron chi connectivity index (χ2n) is 6.62. The van der Waals surface area contributed by atoms with Crippen molar-refractivity contribution >= 4 is 27.6 Å². The van der Waals surface area contributed by atoms with Crippen LogP contribution in [-0.2, 0) is 19.6 Å². The van der Waals surface area contributed by atoms with Gasteiger partial charge in [0.2, 0.25) is 10.0 Å². The SMILES string of the molecule is CCOC(=O)C(C)(C)CCCCCCNS(=O)(=O)c1ccc(Cl)cc1. The molecule has 1 aromatic carbocycles. The third-order valence-electron chi connectivity index (χ3n) is 3.97. The number of carbonyl (C=O) groups excluding carboxylic acids is 1. The van der Waals surface area contributed by atoms with Crippen molar-refractivity contribution in [3.8, 4) is 0 Å². The van der Waals surface area contributed by atoms with Gasteiger partial charge < -0.3 is 4.74 Å². The van der Waals surface area contributed by atoms with Crippen LogP contribution in [0.15, 0.2) is 29.2 Å². The summed E-state index contributed by atoms with van der Waals surface area (Å²) in [6.45, 7) is 6.39. The van der Waals surface area contributed by atoms with E-state index in [2.05, 4.69) is 4.72 Å². The number of nitrogens with one attached hydrogen (secondary N) is 1. The second-order valence-corrected chi connectivity index (χ2v) is 8.82. The van der Waals surface area contributed by atoms with Gasteiger partial charge in [-0.1, -0.05) is 30.9 Å². The van der Waals surface area contributed by atoms with Crippen LogP contribution in [-0.4, -0.2) is 27.5 Å². The van der Waals surface area contributed by atoms with E-state index in [0.29, 0.717) is 18.2 Å². The van der Waals surface area contributed by atoms with E-state index in [1.165, 1.54) is 12.1 Å². The summed E-state index contributed by atoms with van der Waals surface area (Å²) < 4.78 is 31.8. The van der Waals surface area contributed by atoms with Gasteiger partial charge >= 0.3 is 5.97 Å². The van der Waals surface area contributed by atoms with E-state index < -0.39 is 15.4 Å². The minimum absolute atomic E-state index is 0.161. The molecular formula is C18H28ClNO4S. The van der Waals surface area contributed by atoms with Gasteiger partial charge in [0.1, 0.15) is 0 Å². The molecule has 0 aromatic heterocycles. The van der Waals surface area contributed by atoms with E-state index >= 15 is 0 Å². The molecule has 0 aliphatic carbocycles. The second kappa shape index (κ2) is 10.1. The lowest BCUT2D eigenvalue weighted by Crippen LogP contribution is -2.26. The number of hydrogen-bond donors (Lipinski definition) is 1. The van der Waals surface area contributed by atoms with Crippen molar-refractivity contribution in [2.24, 2.45) is 5.41 Å². The lowest BCUT2D eigenvalue weighted by atomic mass is 9.87. The monoisotopic (exact) mass is 389 g/mol. The van der Waals surface area contributed by atoms with Crippen molar-refractivity contribution in [3.05, 3.63) is 29.3 Å². The quantitative estimate of drug-likeness (QED) is 0.455. The summed E-state index contributed by atoms with van der Waals surface area (Å²) >= 11 is 5.76. The first kappa shape index (κ1) is 21.9. The Kier molecular flexibility index (Phi) is 8.89. The first-order valence-corrected chi connectivity index (χ1v) is 10.5. The van der Waals surface area contributed by atoms with Crippen LogP contribution in [0.1, 0.15) is 52.9 Å². The molecule has 0 amide bonds. The lowest BCUT2D eigenvalue weighted by Gasteiger charge is -2.21. The molecule has 0 radical (unpaired) electrons. The van der Waals surface area contributed by atoms with E-state index in [0.717, 1.165) is 32.1 Å². The number of benzene rings is 1. The van der Waals surface area contributed by atoms with Crippen molar-refractivity contribution in [2.45, 2.75) is 57.8 Å². The van der Waals surface area contributed by atoms with Crippen LogP contribution in [0.2, 0.25) is 5.02 Å². The third-order valence-corrected chi connectivity index (χ3v) is 5.70. The molecule has 0 saturated carbocycles. The molecule has 1 rings (SSSR count). The molecule has 5 nitrogen and oxygen atoms in total. The standard InChI is InChI=1S/C18H28ClNO4S/c1-4-24-17(21)18(2,3)13-7-5-6-8-14-20-25(22,23)16-11-9-15(19)10-12-16/h9-12,20H,4-8,13-14H2,1-3H3. The van der Waals surface area contributed by atoms with Crippen LogP contribution < -0.4 is 4.72 Å². The summed E-state index contributed by atoms with van der Waals surface area (Å²) in [5, 5.41) is 0.504. The first-order chi connectivity index (χ1) is 11.7. The number of halogens is 1. The number of sulfonamides is 1. The van der Waals surface area contributed by atoms with Crippen LogP contribution in [0.3, 0.4) is 0 Å². The highest BCUT2D eigenvalue weighted by atomic mass is 35.5. The topological polar surface area (TPSA) is 72.5 Å². The lowest BCUT2D eigenvalue weighted by molar-refractivity contribution is -0.153. The Morgan fingerprint density at radius 1 is 1.12 bits per heavy atom. The van der Waals surface area contributed by atoms with Gasteiger partial charge in [0.15, 0.2) is 0 Å². The normalized spacial score (nSPS) is 12.2. The molecule has 7 heteroatoms. The average Bonchev–Trinajstić information content (AvgIpc) is 2.54. The van der Waals surface area contributed by atoms with Gasteiger partial charge in [0.25, 0.3) is 0 Å². The Balaban J connectivity index is 2.24. The largest absolute Gasteiger partial charge is 0.466 e. The maximum absolute atomic E-state index is 12.1. The summed E-state index contributed by atoms with van der Waals surface area (Å²) in [6, 6.07) is 6.09. The Morgan fingerprint density at radius 2 is 1.72 bits per heavy atom. The van der Waals surface area contributed by atoms with E-state index in [1.807, 2.05) is 13.8 Å². The number of carbonyl (C=O) groups is 1. The zero-order valence-corrected chi connectivity index (χ0v) is 16.8. The Labute approximate surface area is 156 Å². The van der Waals surface area contributed by atoms with Crippen molar-refractivity contribution in [3.63, 3.8) is 0 Å². The summed E-state index contributed by atoms with van der Waals surface area (Å²) in [5.41, 5.74) is -0.466. The van der Waals surface area contributed by atoms with E-state index in [4.69, 9.17) is 16.3 Å². The Morgan fingerprint density at radius 3 is 2.32 bits per heavy atom. The van der Waals surface area contributed by atoms with Gasteiger partial charge in [-0.2, -0.15) is 0 Å². The van der Waals surface area contributed by atoms with Gasteiger partial charge in [-0.25, -0.2) is 13.1 Å². The zero-order chi connectivity index (χ0) is 18.9. The van der Waals surface area contributed by atoms with Gasteiger partial charge in [0.05, 0.1) is 16.9 Å². The molecule has 0 bridgehead atoms. The number of ether oxygens (including phenoxy) is 1. The minimum Gasteiger partial charge on any atom is -0.466 e. The first-order valence-electron chi connectivity index (χ1n) is 8.61. The van der Waals surface area contributed by atoms with Crippen molar-refractivity contribution < 1.29 is 17.9 Å². The highest BCUT2D eigenvalue weighted by molar-refractivity contribution is 7.89. The molecule has 0 saturated heterocycles. The molecule has 25 heavy (non-hydrogen) atoms. The Bertz CT molecular complexity index is 642. The van der Waals surface area contributed by atoms with Gasteiger partial charge in [0, 0.05) is 11.6 Å². The van der Waals surface area contributed by atoms with Gasteiger partial charge in [-0.05, 0) is 57.9 Å². The van der Waals surface area contributed by atoms with Crippen LogP contribution in [0.25, 0.3) is 0 Å². The molecule has 142 valence electrons. The molecule has 0 atom stereocenters. The maximum atomic E-state index is 12.1. The predicted molar refractivity (Wildman–Crippen MR) is 100 cm³/mol. The van der Waals surface area contributed by atoms with E-state index in [1.54, 1.807) is 19.1 Å². The fourth-order valence-corrected chi connectivity index (χ4v) is 3.58. The third kappa shape index (κ3) is 7.75. The molecular weight excluding hydrogens is 362 g/mol. The van der Waals surface area contributed by atoms with E-state index in [-0.39, 0.29) is 10.9 Å². The molecule has 0 aliphatic heterocycles. The number of rotatable bonds is 11. The van der Waals surface area contributed by atoms with Crippen LogP contribution in [0.5, 0.6) is 0 Å². The highest BCUT2D eigenvalue weighted by Crippen LogP contribution is 2.25.